The van der Waals surface area contributed by atoms with Crippen molar-refractivity contribution < 1.29 is 0 Å². The molecule has 122 valence electrons. The van der Waals surface area contributed by atoms with Crippen molar-refractivity contribution in [3.8, 4) is 0 Å². The van der Waals surface area contributed by atoms with Crippen LogP contribution in [0.4, 0.5) is 0 Å². The Morgan fingerprint density at radius 2 is 1.81 bits per heavy atom. The second-order valence-electron chi connectivity index (χ2n) is 5.60. The molecule has 0 aliphatic rings. The van der Waals surface area contributed by atoms with Gasteiger partial charge in [0.1, 0.15) is 0 Å². The number of nitrogens with two attached hydrogens (primary N) is 2. The predicted octanol–water partition coefficient (Wildman–Crippen LogP) is 2.30. The zero-order valence-corrected chi connectivity index (χ0v) is 14.6. The summed E-state index contributed by atoms with van der Waals surface area (Å²) in [6, 6.07) is 0. The molecule has 0 fully saturated rings. The summed E-state index contributed by atoms with van der Waals surface area (Å²) in [7, 11) is 0. The van der Waals surface area contributed by atoms with Gasteiger partial charge in [-0.25, -0.2) is 0 Å². The number of amidine groups is 2. The summed E-state index contributed by atoms with van der Waals surface area (Å²) in [5, 5.41) is 11.1. The van der Waals surface area contributed by atoms with Crippen LogP contribution >= 0.6 is 12.2 Å². The lowest BCUT2D eigenvalue weighted by molar-refractivity contribution is 0.531. The van der Waals surface area contributed by atoms with E-state index < -0.39 is 0 Å². The standard InChI is InChI=1S/C15H31N5S/c1-5-10(3)13(16)19-7-8-20-14(17)11(4)9-12(6-2)15(18)21/h10-12H,5-9H2,1-4H3,(H2,16,19)(H2,17,20)(H2,18,21). The van der Waals surface area contributed by atoms with Crippen LogP contribution in [0.1, 0.15) is 47.0 Å². The Morgan fingerprint density at radius 3 is 2.29 bits per heavy atom. The van der Waals surface area contributed by atoms with E-state index in [0.717, 1.165) is 19.3 Å². The summed E-state index contributed by atoms with van der Waals surface area (Å²) in [5.74, 6) is 1.85. The van der Waals surface area contributed by atoms with Crippen LogP contribution in [-0.4, -0.2) is 29.7 Å². The summed E-state index contributed by atoms with van der Waals surface area (Å²) >= 11 is 5.05. The number of thiocarbonyl (C=S) groups is 1. The third kappa shape index (κ3) is 7.99. The Morgan fingerprint density at radius 1 is 1.19 bits per heavy atom. The number of nitrogens with one attached hydrogen (secondary N) is 2. The highest BCUT2D eigenvalue weighted by molar-refractivity contribution is 7.80. The first kappa shape index (κ1) is 19.8. The smallest absolute Gasteiger partial charge is 0.0966 e. The van der Waals surface area contributed by atoms with Crippen LogP contribution in [0, 0.1) is 23.2 Å². The Balaban J connectivity index is 4.12. The molecule has 0 aromatic heterocycles. The second kappa shape index (κ2) is 10.5. The van der Waals surface area contributed by atoms with Gasteiger partial charge in [-0.3, -0.25) is 10.4 Å². The van der Waals surface area contributed by atoms with E-state index in [1.807, 2.05) is 6.92 Å². The van der Waals surface area contributed by atoms with Crippen LogP contribution in [0.3, 0.4) is 0 Å². The molecule has 21 heavy (non-hydrogen) atoms. The highest BCUT2D eigenvalue weighted by Crippen LogP contribution is 2.16. The van der Waals surface area contributed by atoms with E-state index in [-0.39, 0.29) is 11.8 Å². The molecule has 3 atom stereocenters. The van der Waals surface area contributed by atoms with E-state index in [1.165, 1.54) is 0 Å². The van der Waals surface area contributed by atoms with Crippen LogP contribution in [0.25, 0.3) is 0 Å². The summed E-state index contributed by atoms with van der Waals surface area (Å²) in [6.07, 6.45) is 2.73. The van der Waals surface area contributed by atoms with E-state index in [4.69, 9.17) is 29.1 Å². The average molecular weight is 314 g/mol. The van der Waals surface area contributed by atoms with E-state index >= 15 is 0 Å². The SMILES string of the molecule is CCC(C)C(N)=NCCNC(=N)C(C)CC(CC)C(N)=S. The molecule has 0 spiro atoms. The first-order chi connectivity index (χ1) is 9.83. The highest BCUT2D eigenvalue weighted by Gasteiger charge is 2.17. The molecule has 6 heteroatoms. The van der Waals surface area contributed by atoms with Crippen molar-refractivity contribution in [1.82, 2.24) is 5.32 Å². The van der Waals surface area contributed by atoms with E-state index in [0.29, 0.717) is 35.7 Å². The molecule has 5 nitrogen and oxygen atoms in total. The number of hydrogen-bond donors (Lipinski definition) is 4. The number of rotatable bonds is 10. The molecule has 0 saturated carbocycles. The molecule has 0 rings (SSSR count). The minimum atomic E-state index is 0.118. The number of hydrogen-bond acceptors (Lipinski definition) is 3. The fraction of sp³-hybridized carbons (Fsp3) is 0.800. The number of nitrogens with zero attached hydrogens (tertiary/aromatic N) is 1. The molecule has 0 aromatic rings. The summed E-state index contributed by atoms with van der Waals surface area (Å²) in [4.78, 5) is 4.87. The maximum Gasteiger partial charge on any atom is 0.0966 e. The molecule has 0 heterocycles. The van der Waals surface area contributed by atoms with Gasteiger partial charge in [-0.15, -0.1) is 0 Å². The van der Waals surface area contributed by atoms with Gasteiger partial charge in [0, 0.05) is 24.3 Å². The summed E-state index contributed by atoms with van der Waals surface area (Å²) in [5.41, 5.74) is 11.6. The molecule has 6 N–H and O–H groups in total. The molecule has 0 saturated heterocycles. The van der Waals surface area contributed by atoms with Crippen molar-refractivity contribution in [2.45, 2.75) is 47.0 Å². The van der Waals surface area contributed by atoms with Crippen LogP contribution in [0.2, 0.25) is 0 Å². The van der Waals surface area contributed by atoms with Crippen molar-refractivity contribution >= 4 is 28.9 Å². The van der Waals surface area contributed by atoms with Crippen molar-refractivity contribution in [1.29, 1.82) is 5.41 Å². The molecule has 0 radical (unpaired) electrons. The molecule has 0 bridgehead atoms. The van der Waals surface area contributed by atoms with Gasteiger partial charge in [-0.2, -0.15) is 0 Å². The molecular formula is C15H31N5S. The third-order valence-corrected chi connectivity index (χ3v) is 4.20. The van der Waals surface area contributed by atoms with Crippen molar-refractivity contribution in [3.05, 3.63) is 0 Å². The molecule has 0 aliphatic carbocycles. The van der Waals surface area contributed by atoms with Crippen LogP contribution in [0.15, 0.2) is 4.99 Å². The largest absolute Gasteiger partial charge is 0.393 e. The lowest BCUT2D eigenvalue weighted by atomic mass is 9.93. The normalized spacial score (nSPS) is 16.1. The Kier molecular flexibility index (Phi) is 9.95. The van der Waals surface area contributed by atoms with Gasteiger partial charge in [0.05, 0.1) is 23.2 Å². The Labute approximate surface area is 134 Å². The number of aliphatic imine (C=N–C) groups is 1. The minimum absolute atomic E-state index is 0.118. The topological polar surface area (TPSA) is 100 Å². The highest BCUT2D eigenvalue weighted by atomic mass is 32.1. The van der Waals surface area contributed by atoms with Gasteiger partial charge < -0.3 is 16.8 Å². The summed E-state index contributed by atoms with van der Waals surface area (Å²) in [6.45, 7) is 9.47. The Bertz CT molecular complexity index is 367. The average Bonchev–Trinajstić information content (AvgIpc) is 2.46. The maximum absolute atomic E-state index is 8.04. The van der Waals surface area contributed by atoms with Crippen LogP contribution < -0.4 is 16.8 Å². The Hall–Kier alpha value is -1.17. The van der Waals surface area contributed by atoms with E-state index in [2.05, 4.69) is 31.1 Å². The zero-order valence-electron chi connectivity index (χ0n) is 13.8. The lowest BCUT2D eigenvalue weighted by Gasteiger charge is -2.20. The third-order valence-electron chi connectivity index (χ3n) is 3.86. The van der Waals surface area contributed by atoms with Crippen LogP contribution in [-0.2, 0) is 0 Å². The molecule has 3 unspecified atom stereocenters. The first-order valence-corrected chi connectivity index (χ1v) is 8.15. The lowest BCUT2D eigenvalue weighted by Crippen LogP contribution is -2.34. The van der Waals surface area contributed by atoms with Gasteiger partial charge in [0.15, 0.2) is 0 Å². The van der Waals surface area contributed by atoms with Gasteiger partial charge in [-0.05, 0) is 19.3 Å². The monoisotopic (exact) mass is 313 g/mol. The van der Waals surface area contributed by atoms with Crippen molar-refractivity contribution in [2.24, 2.45) is 34.2 Å². The second-order valence-corrected chi connectivity index (χ2v) is 6.07. The maximum atomic E-state index is 8.04. The van der Waals surface area contributed by atoms with E-state index in [9.17, 15) is 0 Å². The molecule has 0 aromatic carbocycles. The van der Waals surface area contributed by atoms with E-state index in [1.54, 1.807) is 0 Å². The predicted molar refractivity (Wildman–Crippen MR) is 96.0 cm³/mol. The molecule has 0 aliphatic heterocycles. The minimum Gasteiger partial charge on any atom is -0.393 e. The zero-order chi connectivity index (χ0) is 16.4. The molecule has 0 amide bonds. The van der Waals surface area contributed by atoms with Gasteiger partial charge in [-0.1, -0.05) is 39.9 Å². The summed E-state index contributed by atoms with van der Waals surface area (Å²) < 4.78 is 0. The van der Waals surface area contributed by atoms with Crippen molar-refractivity contribution in [3.63, 3.8) is 0 Å². The van der Waals surface area contributed by atoms with Gasteiger partial charge >= 0.3 is 0 Å². The first-order valence-electron chi connectivity index (χ1n) is 7.74. The van der Waals surface area contributed by atoms with Crippen LogP contribution in [0.5, 0.6) is 0 Å². The van der Waals surface area contributed by atoms with Gasteiger partial charge in [0.25, 0.3) is 0 Å². The quantitative estimate of drug-likeness (QED) is 0.215. The fourth-order valence-corrected chi connectivity index (χ4v) is 2.21. The fourth-order valence-electron chi connectivity index (χ4n) is 1.94. The molecular weight excluding hydrogens is 282 g/mol. The van der Waals surface area contributed by atoms with Gasteiger partial charge in [0.2, 0.25) is 0 Å². The van der Waals surface area contributed by atoms with Crippen molar-refractivity contribution in [2.75, 3.05) is 13.1 Å².